The van der Waals surface area contributed by atoms with Crippen LogP contribution in [0.5, 0.6) is 0 Å². The molecule has 0 bridgehead atoms. The Balaban J connectivity index is 2.49. The summed E-state index contributed by atoms with van der Waals surface area (Å²) in [6.07, 6.45) is 2.17. The molecule has 0 spiro atoms. The average molecular weight is 248 g/mol. The van der Waals surface area contributed by atoms with Gasteiger partial charge < -0.3 is 10.6 Å². The molecule has 1 aromatic carbocycles. The first kappa shape index (κ1) is 14.7. The van der Waals surface area contributed by atoms with E-state index in [0.717, 1.165) is 19.4 Å². The van der Waals surface area contributed by atoms with Crippen LogP contribution < -0.4 is 5.73 Å². The Bertz CT molecular complexity index is 390. The van der Waals surface area contributed by atoms with E-state index in [4.69, 9.17) is 5.73 Å². The number of carbonyl (C=O) groups excluding carboxylic acids is 1. The van der Waals surface area contributed by atoms with E-state index in [-0.39, 0.29) is 11.9 Å². The predicted molar refractivity (Wildman–Crippen MR) is 75.4 cm³/mol. The van der Waals surface area contributed by atoms with Gasteiger partial charge in [0.15, 0.2) is 0 Å². The third-order valence-corrected chi connectivity index (χ3v) is 3.16. The Labute approximate surface area is 110 Å². The van der Waals surface area contributed by atoms with E-state index in [1.165, 1.54) is 11.1 Å². The maximum absolute atomic E-state index is 11.9. The second-order valence-corrected chi connectivity index (χ2v) is 4.91. The zero-order chi connectivity index (χ0) is 13.5. The number of nitrogens with zero attached hydrogens (tertiary/aromatic N) is 1. The number of aryl methyl sites for hydroxylation is 1. The first-order valence-electron chi connectivity index (χ1n) is 6.58. The van der Waals surface area contributed by atoms with Crippen molar-refractivity contribution >= 4 is 5.91 Å². The highest BCUT2D eigenvalue weighted by Crippen LogP contribution is 2.10. The van der Waals surface area contributed by atoms with Crippen molar-refractivity contribution in [3.63, 3.8) is 0 Å². The van der Waals surface area contributed by atoms with Crippen molar-refractivity contribution in [1.82, 2.24) is 4.90 Å². The molecule has 1 aromatic rings. The zero-order valence-electron chi connectivity index (χ0n) is 11.6. The molecule has 2 N–H and O–H groups in total. The molecule has 0 aliphatic heterocycles. The second kappa shape index (κ2) is 7.17. The third-order valence-electron chi connectivity index (χ3n) is 3.16. The molecule has 100 valence electrons. The van der Waals surface area contributed by atoms with Gasteiger partial charge in [-0.25, -0.2) is 0 Å². The minimum atomic E-state index is -0.0992. The largest absolute Gasteiger partial charge is 0.346 e. The molecule has 0 unspecified atom stereocenters. The summed E-state index contributed by atoms with van der Waals surface area (Å²) >= 11 is 0. The molecular weight excluding hydrogens is 224 g/mol. The molecule has 18 heavy (non-hydrogen) atoms. The highest BCUT2D eigenvalue weighted by Gasteiger charge is 2.14. The van der Waals surface area contributed by atoms with Crippen molar-refractivity contribution < 1.29 is 4.79 Å². The number of hydrogen-bond acceptors (Lipinski definition) is 2. The maximum Gasteiger partial charge on any atom is 0.223 e. The second-order valence-electron chi connectivity index (χ2n) is 4.91. The molecule has 0 aromatic heterocycles. The van der Waals surface area contributed by atoms with Gasteiger partial charge in [0.05, 0.1) is 0 Å². The van der Waals surface area contributed by atoms with Crippen LogP contribution in [0.2, 0.25) is 0 Å². The minimum Gasteiger partial charge on any atom is -0.346 e. The lowest BCUT2D eigenvalue weighted by Crippen LogP contribution is -2.34. The van der Waals surface area contributed by atoms with Gasteiger partial charge in [0.1, 0.15) is 0 Å². The lowest BCUT2D eigenvalue weighted by atomic mass is 9.99. The average Bonchev–Trinajstić information content (AvgIpc) is 2.32. The van der Waals surface area contributed by atoms with Crippen molar-refractivity contribution in [2.75, 3.05) is 13.6 Å². The number of rotatable bonds is 6. The standard InChI is InChI=1S/C15H24N2O/c1-4-9-17(3)15(18)11-14(16)10-13-8-6-5-7-12(13)2/h5-8,14H,4,9-11,16H2,1-3H3/t14-/m1/s1. The molecule has 0 aliphatic rings. The Kier molecular flexibility index (Phi) is 5.86. The molecule has 0 heterocycles. The fraction of sp³-hybridized carbons (Fsp3) is 0.533. The predicted octanol–water partition coefficient (Wildman–Crippen LogP) is 2.12. The number of amides is 1. The Morgan fingerprint density at radius 2 is 2.06 bits per heavy atom. The number of hydrogen-bond donors (Lipinski definition) is 1. The quantitative estimate of drug-likeness (QED) is 0.838. The molecule has 0 radical (unpaired) electrons. The van der Waals surface area contributed by atoms with Crippen LogP contribution in [0.3, 0.4) is 0 Å². The monoisotopic (exact) mass is 248 g/mol. The summed E-state index contributed by atoms with van der Waals surface area (Å²) in [5, 5.41) is 0. The lowest BCUT2D eigenvalue weighted by Gasteiger charge is -2.19. The summed E-state index contributed by atoms with van der Waals surface area (Å²) in [4.78, 5) is 13.6. The lowest BCUT2D eigenvalue weighted by molar-refractivity contribution is -0.130. The van der Waals surface area contributed by atoms with Gasteiger partial charge >= 0.3 is 0 Å². The molecular formula is C15H24N2O. The highest BCUT2D eigenvalue weighted by atomic mass is 16.2. The normalized spacial score (nSPS) is 12.2. The number of benzene rings is 1. The van der Waals surface area contributed by atoms with E-state index in [1.54, 1.807) is 4.90 Å². The van der Waals surface area contributed by atoms with Gasteiger partial charge in [0, 0.05) is 26.1 Å². The smallest absolute Gasteiger partial charge is 0.223 e. The third kappa shape index (κ3) is 4.49. The molecule has 0 aliphatic carbocycles. The fourth-order valence-corrected chi connectivity index (χ4v) is 2.03. The van der Waals surface area contributed by atoms with Crippen molar-refractivity contribution in [1.29, 1.82) is 0 Å². The van der Waals surface area contributed by atoms with Crippen LogP contribution in [-0.2, 0) is 11.2 Å². The van der Waals surface area contributed by atoms with Gasteiger partial charge in [0.2, 0.25) is 5.91 Å². The van der Waals surface area contributed by atoms with Gasteiger partial charge in [-0.3, -0.25) is 4.79 Å². The van der Waals surface area contributed by atoms with Crippen molar-refractivity contribution in [3.05, 3.63) is 35.4 Å². The molecule has 1 rings (SSSR count). The van der Waals surface area contributed by atoms with Gasteiger partial charge in [-0.1, -0.05) is 31.2 Å². The van der Waals surface area contributed by atoms with Crippen LogP contribution >= 0.6 is 0 Å². The van der Waals surface area contributed by atoms with E-state index in [0.29, 0.717) is 6.42 Å². The summed E-state index contributed by atoms with van der Waals surface area (Å²) in [5.41, 5.74) is 8.53. The van der Waals surface area contributed by atoms with Gasteiger partial charge in [-0.05, 0) is 30.9 Å². The van der Waals surface area contributed by atoms with E-state index < -0.39 is 0 Å². The van der Waals surface area contributed by atoms with Crippen molar-refractivity contribution in [3.8, 4) is 0 Å². The zero-order valence-corrected chi connectivity index (χ0v) is 11.6. The first-order valence-corrected chi connectivity index (χ1v) is 6.58. The van der Waals surface area contributed by atoms with Crippen LogP contribution in [0.1, 0.15) is 30.9 Å². The van der Waals surface area contributed by atoms with Gasteiger partial charge in [-0.15, -0.1) is 0 Å². The van der Waals surface area contributed by atoms with Crippen molar-refractivity contribution in [2.45, 2.75) is 39.2 Å². The summed E-state index contributed by atoms with van der Waals surface area (Å²) < 4.78 is 0. The van der Waals surface area contributed by atoms with Crippen LogP contribution in [0.25, 0.3) is 0 Å². The Hall–Kier alpha value is -1.35. The van der Waals surface area contributed by atoms with Crippen molar-refractivity contribution in [2.24, 2.45) is 5.73 Å². The molecule has 0 saturated carbocycles. The van der Waals surface area contributed by atoms with E-state index in [9.17, 15) is 4.79 Å². The molecule has 1 atom stereocenters. The molecule has 3 nitrogen and oxygen atoms in total. The summed E-state index contributed by atoms with van der Waals surface area (Å²) in [6, 6.07) is 8.09. The van der Waals surface area contributed by atoms with E-state index in [1.807, 2.05) is 19.2 Å². The number of nitrogens with two attached hydrogens (primary N) is 1. The Morgan fingerprint density at radius 1 is 1.39 bits per heavy atom. The SMILES string of the molecule is CCCN(C)C(=O)C[C@H](N)Cc1ccccc1C. The van der Waals surface area contributed by atoms with Crippen LogP contribution in [0.4, 0.5) is 0 Å². The summed E-state index contributed by atoms with van der Waals surface area (Å²) in [6.45, 7) is 4.94. The summed E-state index contributed by atoms with van der Waals surface area (Å²) in [5.74, 6) is 0.137. The van der Waals surface area contributed by atoms with Crippen LogP contribution in [0.15, 0.2) is 24.3 Å². The maximum atomic E-state index is 11.9. The minimum absolute atomic E-state index is 0.0992. The van der Waals surface area contributed by atoms with E-state index in [2.05, 4.69) is 26.0 Å². The molecule has 0 fully saturated rings. The highest BCUT2D eigenvalue weighted by molar-refractivity contribution is 5.76. The molecule has 3 heteroatoms. The number of carbonyl (C=O) groups is 1. The fourth-order valence-electron chi connectivity index (χ4n) is 2.03. The van der Waals surface area contributed by atoms with E-state index >= 15 is 0 Å². The molecule has 0 saturated heterocycles. The molecule has 1 amide bonds. The van der Waals surface area contributed by atoms with Gasteiger partial charge in [0.25, 0.3) is 0 Å². The van der Waals surface area contributed by atoms with Gasteiger partial charge in [-0.2, -0.15) is 0 Å². The Morgan fingerprint density at radius 3 is 2.67 bits per heavy atom. The summed E-state index contributed by atoms with van der Waals surface area (Å²) in [7, 11) is 1.84. The first-order chi connectivity index (χ1) is 8.54. The van der Waals surface area contributed by atoms with Crippen LogP contribution in [-0.4, -0.2) is 30.4 Å². The van der Waals surface area contributed by atoms with Crippen LogP contribution in [0, 0.1) is 6.92 Å². The topological polar surface area (TPSA) is 46.3 Å².